The Bertz CT molecular complexity index is 633. The molecule has 0 saturated carbocycles. The Morgan fingerprint density at radius 1 is 1.13 bits per heavy atom. The molecule has 0 N–H and O–H groups in total. The van der Waals surface area contributed by atoms with Gasteiger partial charge in [0.15, 0.2) is 0 Å². The molecule has 124 valence electrons. The maximum absolute atomic E-state index is 3.63. The smallest absolute Gasteiger partial charge is 0.0823 e. The van der Waals surface area contributed by atoms with Crippen LogP contribution in [0, 0.1) is 17.3 Å². The lowest BCUT2D eigenvalue weighted by atomic mass is 9.96. The highest BCUT2D eigenvalue weighted by Crippen LogP contribution is 2.20. The normalized spacial score (nSPS) is 11.3. The molecule has 0 unspecified atom stereocenters. The molecule has 0 atom stereocenters. The highest BCUT2D eigenvalue weighted by atomic mass is 28.3. The minimum Gasteiger partial charge on any atom is -0.125 e. The van der Waals surface area contributed by atoms with Crippen LogP contribution in [0.15, 0.2) is 35.2 Å². The third-order valence-electron chi connectivity index (χ3n) is 3.62. The van der Waals surface area contributed by atoms with E-state index in [1.165, 1.54) is 30.0 Å². The highest BCUT2D eigenvalue weighted by molar-refractivity contribution is 6.83. The van der Waals surface area contributed by atoms with Crippen molar-refractivity contribution in [2.75, 3.05) is 0 Å². The topological polar surface area (TPSA) is 0 Å². The van der Waals surface area contributed by atoms with Gasteiger partial charge in [-0.15, -0.1) is 5.73 Å². The van der Waals surface area contributed by atoms with Gasteiger partial charge in [0.2, 0.25) is 0 Å². The van der Waals surface area contributed by atoms with E-state index in [1.807, 2.05) is 0 Å². The van der Waals surface area contributed by atoms with Crippen molar-refractivity contribution in [3.8, 4) is 11.8 Å². The van der Waals surface area contributed by atoms with Crippen LogP contribution in [0.5, 0.6) is 0 Å². The molecule has 0 amide bonds. The molecule has 0 fully saturated rings. The summed E-state index contributed by atoms with van der Waals surface area (Å²) in [6.45, 7) is 15.9. The van der Waals surface area contributed by atoms with Crippen molar-refractivity contribution >= 4 is 14.1 Å². The van der Waals surface area contributed by atoms with Gasteiger partial charge in [-0.1, -0.05) is 63.0 Å². The molecule has 1 aromatic carbocycles. The summed E-state index contributed by atoms with van der Waals surface area (Å²) in [6, 6.07) is 8.38. The molecule has 1 aromatic rings. The average molecular weight is 325 g/mol. The maximum Gasteiger partial charge on any atom is 0.0823 e. The Labute approximate surface area is 144 Å². The predicted octanol–water partition coefficient (Wildman–Crippen LogP) is 6.69. The van der Waals surface area contributed by atoms with Crippen LogP contribution in [-0.4, -0.2) is 8.07 Å². The second kappa shape index (κ2) is 8.39. The van der Waals surface area contributed by atoms with E-state index >= 15 is 0 Å². The predicted molar refractivity (Wildman–Crippen MR) is 107 cm³/mol. The van der Waals surface area contributed by atoms with Gasteiger partial charge in [0, 0.05) is 11.0 Å². The van der Waals surface area contributed by atoms with Gasteiger partial charge >= 0.3 is 0 Å². The Hall–Kier alpha value is -1.48. The first-order valence-electron chi connectivity index (χ1n) is 8.72. The molecule has 0 heterocycles. The molecule has 0 saturated heterocycles. The second-order valence-corrected chi connectivity index (χ2v) is 13.3. The fraction of sp³-hybridized carbons (Fsp3) is 0.500. The van der Waals surface area contributed by atoms with Crippen molar-refractivity contribution in [3.05, 3.63) is 46.3 Å². The van der Waals surface area contributed by atoms with E-state index in [9.17, 15) is 0 Å². The minimum atomic E-state index is -1.31. The molecule has 23 heavy (non-hydrogen) atoms. The molecule has 0 aromatic heterocycles. The highest BCUT2D eigenvalue weighted by Gasteiger charge is 2.18. The molecule has 0 aliphatic carbocycles. The van der Waals surface area contributed by atoms with Crippen molar-refractivity contribution in [1.29, 1.82) is 0 Å². The van der Waals surface area contributed by atoms with Gasteiger partial charge in [-0.3, -0.25) is 0 Å². The summed E-state index contributed by atoms with van der Waals surface area (Å²) in [7, 11) is -1.31. The molecule has 1 rings (SSSR count). The Balaban J connectivity index is 3.24. The zero-order valence-corrected chi connectivity index (χ0v) is 17.0. The molecule has 0 aliphatic heterocycles. The Morgan fingerprint density at radius 2 is 1.78 bits per heavy atom. The lowest BCUT2D eigenvalue weighted by molar-refractivity contribution is 0.571. The largest absolute Gasteiger partial charge is 0.125 e. The van der Waals surface area contributed by atoms with Crippen LogP contribution < -0.4 is 0 Å². The van der Waals surface area contributed by atoms with E-state index < -0.39 is 8.07 Å². The van der Waals surface area contributed by atoms with Crippen molar-refractivity contribution in [2.24, 2.45) is 5.41 Å². The number of hydrogen-bond acceptors (Lipinski definition) is 0. The van der Waals surface area contributed by atoms with E-state index in [0.29, 0.717) is 0 Å². The van der Waals surface area contributed by atoms with Crippen molar-refractivity contribution < 1.29 is 0 Å². The number of allylic oxidation sites excluding steroid dienone is 1. The van der Waals surface area contributed by atoms with Crippen LogP contribution in [0.25, 0.3) is 6.08 Å². The van der Waals surface area contributed by atoms with E-state index in [2.05, 4.69) is 95.2 Å². The van der Waals surface area contributed by atoms with Gasteiger partial charge in [-0.2, -0.15) is 0 Å². The van der Waals surface area contributed by atoms with Crippen LogP contribution in [-0.2, 0) is 0 Å². The summed E-state index contributed by atoms with van der Waals surface area (Å²) in [5.74, 6) is 6.67. The zero-order valence-electron chi connectivity index (χ0n) is 16.0. The summed E-state index contributed by atoms with van der Waals surface area (Å²) in [6.07, 6.45) is 5.82. The maximum atomic E-state index is 3.63. The molecular weight excluding hydrogens is 292 g/mol. The first-order chi connectivity index (χ1) is 10.6. The average Bonchev–Trinajstić information content (AvgIpc) is 2.44. The van der Waals surface area contributed by atoms with E-state index in [-0.39, 0.29) is 5.41 Å². The number of unbranched alkanes of at least 4 members (excludes halogenated alkanes) is 1. The quantitative estimate of drug-likeness (QED) is 0.321. The lowest BCUT2D eigenvalue weighted by Gasteiger charge is -2.18. The van der Waals surface area contributed by atoms with Crippen LogP contribution in [0.3, 0.4) is 0 Å². The third kappa shape index (κ3) is 7.55. The number of rotatable bonds is 5. The van der Waals surface area contributed by atoms with Gasteiger partial charge in [-0.25, -0.2) is 0 Å². The fourth-order valence-electron chi connectivity index (χ4n) is 2.17. The molecule has 0 radical (unpaired) electrons. The molecule has 0 nitrogen and oxygen atoms in total. The van der Waals surface area contributed by atoms with Crippen LogP contribution in [0.1, 0.15) is 58.1 Å². The fourth-order valence-corrected chi connectivity index (χ4v) is 3.61. The standard InChI is InChI=1S/C22H32Si/c1-8-9-14-21(23(5,6)7)16-15-19-12-10-11-13-20(19)17-18-22(2,3)4/h10-13,15H,8-9,14H2,1-7H3. The van der Waals surface area contributed by atoms with Gasteiger partial charge in [0.25, 0.3) is 0 Å². The van der Waals surface area contributed by atoms with Crippen LogP contribution in [0.4, 0.5) is 0 Å². The van der Waals surface area contributed by atoms with Gasteiger partial charge in [0.05, 0.1) is 8.07 Å². The monoisotopic (exact) mass is 324 g/mol. The number of hydrogen-bond donors (Lipinski definition) is 0. The van der Waals surface area contributed by atoms with Gasteiger partial charge in [-0.05, 0) is 56.5 Å². The zero-order chi connectivity index (χ0) is 17.5. The molecule has 1 heteroatoms. The summed E-state index contributed by atoms with van der Waals surface area (Å²) in [5, 5.41) is 1.53. The van der Waals surface area contributed by atoms with E-state index in [4.69, 9.17) is 0 Å². The van der Waals surface area contributed by atoms with Crippen LogP contribution in [0.2, 0.25) is 19.6 Å². The van der Waals surface area contributed by atoms with Crippen molar-refractivity contribution in [1.82, 2.24) is 0 Å². The Morgan fingerprint density at radius 3 is 2.35 bits per heavy atom. The van der Waals surface area contributed by atoms with Gasteiger partial charge < -0.3 is 0 Å². The Kier molecular flexibility index (Phi) is 7.14. The van der Waals surface area contributed by atoms with E-state index in [0.717, 1.165) is 5.56 Å². The summed E-state index contributed by atoms with van der Waals surface area (Å²) in [5.41, 5.74) is 5.93. The third-order valence-corrected chi connectivity index (χ3v) is 5.83. The summed E-state index contributed by atoms with van der Waals surface area (Å²) < 4.78 is 0. The first-order valence-corrected chi connectivity index (χ1v) is 12.2. The summed E-state index contributed by atoms with van der Waals surface area (Å²) >= 11 is 0. The second-order valence-electron chi connectivity index (χ2n) is 8.21. The first kappa shape index (κ1) is 19.6. The lowest BCUT2D eigenvalue weighted by Crippen LogP contribution is -2.23. The van der Waals surface area contributed by atoms with E-state index in [1.54, 1.807) is 0 Å². The molecule has 0 aliphatic rings. The van der Waals surface area contributed by atoms with Crippen LogP contribution >= 0.6 is 0 Å². The van der Waals surface area contributed by atoms with Gasteiger partial charge in [0.1, 0.15) is 0 Å². The molecule has 0 bridgehead atoms. The summed E-state index contributed by atoms with van der Waals surface area (Å²) in [4.78, 5) is 0. The minimum absolute atomic E-state index is 0.0251. The number of benzene rings is 1. The van der Waals surface area contributed by atoms with Crippen molar-refractivity contribution in [2.45, 2.75) is 66.6 Å². The SMILES string of the molecule is CCCCC(=C=Cc1ccccc1C#CC(C)(C)C)[Si](C)(C)C. The molecule has 0 spiro atoms. The van der Waals surface area contributed by atoms with Crippen molar-refractivity contribution in [3.63, 3.8) is 0 Å². The molecular formula is C22H32Si.